The van der Waals surface area contributed by atoms with E-state index >= 15 is 0 Å². The molecule has 1 aliphatic heterocycles. The summed E-state index contributed by atoms with van der Waals surface area (Å²) in [7, 11) is 2.20. The minimum Gasteiger partial charge on any atom is -0.369 e. The minimum absolute atomic E-state index is 0.527. The lowest BCUT2D eigenvalue weighted by molar-refractivity contribution is 0.327. The van der Waals surface area contributed by atoms with Crippen LogP contribution in [0.5, 0.6) is 0 Å². The van der Waals surface area contributed by atoms with Crippen molar-refractivity contribution in [1.82, 2.24) is 14.9 Å². The van der Waals surface area contributed by atoms with Crippen molar-refractivity contribution in [3.05, 3.63) is 12.4 Å². The lowest BCUT2D eigenvalue weighted by atomic mass is 10.2. The van der Waals surface area contributed by atoms with E-state index < -0.39 is 0 Å². The van der Waals surface area contributed by atoms with E-state index in [0.29, 0.717) is 6.04 Å². The van der Waals surface area contributed by atoms with Gasteiger partial charge in [0.05, 0.1) is 12.4 Å². The molecule has 0 aromatic carbocycles. The predicted molar refractivity (Wildman–Crippen MR) is 79.7 cm³/mol. The zero-order valence-corrected chi connectivity index (χ0v) is 12.3. The Morgan fingerprint density at radius 2 is 2.16 bits per heavy atom. The van der Waals surface area contributed by atoms with Crippen LogP contribution in [0.3, 0.4) is 0 Å². The number of hydrogen-bond donors (Lipinski definition) is 1. The average molecular weight is 263 g/mol. The Hall–Kier alpha value is -1.36. The van der Waals surface area contributed by atoms with Gasteiger partial charge in [-0.25, -0.2) is 4.98 Å². The van der Waals surface area contributed by atoms with Gasteiger partial charge in [-0.1, -0.05) is 6.92 Å². The molecule has 1 aromatic heterocycles. The fraction of sp³-hybridized carbons (Fsp3) is 0.714. The largest absolute Gasteiger partial charge is 0.369 e. The maximum Gasteiger partial charge on any atom is 0.149 e. The number of anilines is 2. The molecule has 0 radical (unpaired) electrons. The number of hydrogen-bond acceptors (Lipinski definition) is 5. The van der Waals surface area contributed by atoms with Crippen LogP contribution in [-0.2, 0) is 0 Å². The highest BCUT2D eigenvalue weighted by Crippen LogP contribution is 2.20. The zero-order valence-electron chi connectivity index (χ0n) is 12.3. The van der Waals surface area contributed by atoms with Crippen LogP contribution in [0.2, 0.25) is 0 Å². The molecule has 1 aromatic rings. The summed E-state index contributed by atoms with van der Waals surface area (Å²) >= 11 is 0. The van der Waals surface area contributed by atoms with Gasteiger partial charge in [0.25, 0.3) is 0 Å². The zero-order chi connectivity index (χ0) is 13.7. The Morgan fingerprint density at radius 3 is 2.89 bits per heavy atom. The first-order valence-electron chi connectivity index (χ1n) is 7.25. The highest BCUT2D eigenvalue weighted by Gasteiger charge is 2.23. The third-order valence-corrected chi connectivity index (χ3v) is 3.65. The van der Waals surface area contributed by atoms with Gasteiger partial charge in [0.1, 0.15) is 11.6 Å². The van der Waals surface area contributed by atoms with Gasteiger partial charge < -0.3 is 15.1 Å². The second-order valence-electron chi connectivity index (χ2n) is 5.16. The van der Waals surface area contributed by atoms with E-state index in [-0.39, 0.29) is 0 Å². The van der Waals surface area contributed by atoms with E-state index in [0.717, 1.165) is 44.2 Å². The van der Waals surface area contributed by atoms with Crippen molar-refractivity contribution in [2.45, 2.75) is 32.7 Å². The van der Waals surface area contributed by atoms with E-state index in [2.05, 4.69) is 46.0 Å². The Balaban J connectivity index is 2.19. The monoisotopic (exact) mass is 263 g/mol. The van der Waals surface area contributed by atoms with Gasteiger partial charge in [0.15, 0.2) is 0 Å². The quantitative estimate of drug-likeness (QED) is 0.898. The van der Waals surface area contributed by atoms with Crippen LogP contribution in [0.15, 0.2) is 12.4 Å². The van der Waals surface area contributed by atoms with E-state index in [1.807, 2.05) is 6.20 Å². The predicted octanol–water partition coefficient (Wildman–Crippen LogP) is 1.83. The molecule has 0 amide bonds. The van der Waals surface area contributed by atoms with Crippen LogP contribution in [0, 0.1) is 0 Å². The number of rotatable bonds is 4. The maximum atomic E-state index is 4.68. The number of nitrogens with zero attached hydrogens (tertiary/aromatic N) is 4. The summed E-state index contributed by atoms with van der Waals surface area (Å²) < 4.78 is 0. The van der Waals surface area contributed by atoms with Crippen molar-refractivity contribution >= 4 is 11.6 Å². The molecule has 1 N–H and O–H groups in total. The molecule has 0 bridgehead atoms. The average Bonchev–Trinajstić information content (AvgIpc) is 2.61. The van der Waals surface area contributed by atoms with Crippen molar-refractivity contribution in [2.75, 3.05) is 43.4 Å². The number of nitrogens with one attached hydrogen (secondary N) is 1. The molecular weight excluding hydrogens is 238 g/mol. The minimum atomic E-state index is 0.527. The standard InChI is InChI=1S/C14H25N5/c1-4-12-11-18(3)7-6-8-19(12)14-10-15-9-13(17-14)16-5-2/h9-10,12H,4-8,11H2,1-3H3,(H,16,17). The lowest BCUT2D eigenvalue weighted by Crippen LogP contribution is -2.40. The van der Waals surface area contributed by atoms with Crippen LogP contribution in [0.1, 0.15) is 26.7 Å². The fourth-order valence-corrected chi connectivity index (χ4v) is 2.65. The number of aromatic nitrogens is 2. The van der Waals surface area contributed by atoms with Crippen LogP contribution >= 0.6 is 0 Å². The Morgan fingerprint density at radius 1 is 1.32 bits per heavy atom. The molecule has 5 nitrogen and oxygen atoms in total. The molecule has 1 aliphatic rings. The third kappa shape index (κ3) is 3.56. The van der Waals surface area contributed by atoms with Gasteiger partial charge >= 0.3 is 0 Å². The molecule has 19 heavy (non-hydrogen) atoms. The van der Waals surface area contributed by atoms with E-state index in [1.165, 1.54) is 6.42 Å². The smallest absolute Gasteiger partial charge is 0.149 e. The molecule has 1 unspecified atom stereocenters. The molecule has 106 valence electrons. The van der Waals surface area contributed by atoms with E-state index in [4.69, 9.17) is 0 Å². The van der Waals surface area contributed by atoms with Crippen molar-refractivity contribution in [3.63, 3.8) is 0 Å². The molecular formula is C14H25N5. The summed E-state index contributed by atoms with van der Waals surface area (Å²) in [6.45, 7) is 8.52. The van der Waals surface area contributed by atoms with Gasteiger partial charge in [-0.05, 0) is 33.4 Å². The van der Waals surface area contributed by atoms with Crippen LogP contribution < -0.4 is 10.2 Å². The highest BCUT2D eigenvalue weighted by molar-refractivity contribution is 5.44. The molecule has 1 saturated heterocycles. The Bertz CT molecular complexity index is 395. The Kier molecular flexibility index (Phi) is 4.96. The summed E-state index contributed by atoms with van der Waals surface area (Å²) in [5.74, 6) is 1.87. The summed E-state index contributed by atoms with van der Waals surface area (Å²) in [4.78, 5) is 13.8. The molecule has 0 aliphatic carbocycles. The maximum absolute atomic E-state index is 4.68. The summed E-state index contributed by atoms with van der Waals surface area (Å²) in [5, 5.41) is 3.23. The van der Waals surface area contributed by atoms with Gasteiger partial charge in [-0.15, -0.1) is 0 Å². The molecule has 0 saturated carbocycles. The lowest BCUT2D eigenvalue weighted by Gasteiger charge is -2.31. The van der Waals surface area contributed by atoms with Crippen molar-refractivity contribution in [3.8, 4) is 0 Å². The second kappa shape index (κ2) is 6.70. The summed E-state index contributed by atoms with van der Waals surface area (Å²) in [6.07, 6.45) is 5.99. The summed E-state index contributed by atoms with van der Waals surface area (Å²) in [5.41, 5.74) is 0. The van der Waals surface area contributed by atoms with Crippen LogP contribution in [-0.4, -0.2) is 54.1 Å². The fourth-order valence-electron chi connectivity index (χ4n) is 2.65. The van der Waals surface area contributed by atoms with Crippen molar-refractivity contribution in [1.29, 1.82) is 0 Å². The van der Waals surface area contributed by atoms with Gasteiger partial charge in [-0.3, -0.25) is 4.98 Å². The SMILES string of the molecule is CCNc1cncc(N2CCCN(C)CC2CC)n1. The topological polar surface area (TPSA) is 44.3 Å². The first-order valence-corrected chi connectivity index (χ1v) is 7.25. The molecule has 0 spiro atoms. The van der Waals surface area contributed by atoms with Crippen LogP contribution in [0.25, 0.3) is 0 Å². The van der Waals surface area contributed by atoms with Gasteiger partial charge in [0.2, 0.25) is 0 Å². The van der Waals surface area contributed by atoms with E-state index in [9.17, 15) is 0 Å². The van der Waals surface area contributed by atoms with Gasteiger partial charge in [-0.2, -0.15) is 0 Å². The molecule has 5 heteroatoms. The van der Waals surface area contributed by atoms with E-state index in [1.54, 1.807) is 6.20 Å². The second-order valence-corrected chi connectivity index (χ2v) is 5.16. The summed E-state index contributed by atoms with van der Waals surface area (Å²) in [6, 6.07) is 0.527. The molecule has 1 fully saturated rings. The normalized spacial score (nSPS) is 21.2. The van der Waals surface area contributed by atoms with Crippen molar-refractivity contribution < 1.29 is 0 Å². The molecule has 1 atom stereocenters. The first kappa shape index (κ1) is 14.1. The number of likely N-dealkylation sites (N-methyl/N-ethyl adjacent to an activating group) is 1. The van der Waals surface area contributed by atoms with Crippen LogP contribution in [0.4, 0.5) is 11.6 Å². The first-order chi connectivity index (χ1) is 9.24. The van der Waals surface area contributed by atoms with Gasteiger partial charge in [0, 0.05) is 25.7 Å². The highest BCUT2D eigenvalue weighted by atomic mass is 15.3. The molecule has 2 rings (SSSR count). The Labute approximate surface area is 116 Å². The molecule has 2 heterocycles. The third-order valence-electron chi connectivity index (χ3n) is 3.65. The van der Waals surface area contributed by atoms with Crippen molar-refractivity contribution in [2.24, 2.45) is 0 Å².